The highest BCUT2D eigenvalue weighted by atomic mass is 16.5. The van der Waals surface area contributed by atoms with Crippen LogP contribution < -0.4 is 0 Å². The van der Waals surface area contributed by atoms with Crippen molar-refractivity contribution in [1.82, 2.24) is 9.80 Å². The Balaban J connectivity index is 1.52. The Morgan fingerprint density at radius 1 is 1.35 bits per heavy atom. The summed E-state index contributed by atoms with van der Waals surface area (Å²) in [5, 5.41) is 0. The summed E-state index contributed by atoms with van der Waals surface area (Å²) in [5.41, 5.74) is 0. The van der Waals surface area contributed by atoms with Crippen LogP contribution in [0.25, 0.3) is 0 Å². The lowest BCUT2D eigenvalue weighted by atomic mass is 10.2. The minimum absolute atomic E-state index is 0.141. The summed E-state index contributed by atoms with van der Waals surface area (Å²) >= 11 is 0. The van der Waals surface area contributed by atoms with Crippen molar-refractivity contribution in [2.45, 2.75) is 38.7 Å². The molecule has 2 fully saturated rings. The number of hydrogen-bond acceptors (Lipinski definition) is 4. The fourth-order valence-electron chi connectivity index (χ4n) is 3.12. The first-order valence-corrected chi connectivity index (χ1v) is 8.73. The largest absolute Gasteiger partial charge is 0.466 e. The van der Waals surface area contributed by atoms with E-state index in [9.17, 15) is 4.79 Å². The van der Waals surface area contributed by atoms with Gasteiger partial charge in [0.2, 0.25) is 5.91 Å². The smallest absolute Gasteiger partial charge is 0.223 e. The Morgan fingerprint density at radius 2 is 2.17 bits per heavy atom. The van der Waals surface area contributed by atoms with E-state index >= 15 is 0 Å². The minimum Gasteiger partial charge on any atom is -0.466 e. The highest BCUT2D eigenvalue weighted by Crippen LogP contribution is 2.30. The molecule has 0 bridgehead atoms. The van der Waals surface area contributed by atoms with Crippen LogP contribution in [0.5, 0.6) is 0 Å². The van der Waals surface area contributed by atoms with Crippen LogP contribution in [0.1, 0.15) is 30.8 Å². The van der Waals surface area contributed by atoms with Crippen LogP contribution in [0.4, 0.5) is 0 Å². The van der Waals surface area contributed by atoms with Gasteiger partial charge in [0.25, 0.3) is 0 Å². The second-order valence-electron chi connectivity index (χ2n) is 7.01. The van der Waals surface area contributed by atoms with Crippen molar-refractivity contribution in [3.8, 4) is 0 Å². The number of carbonyl (C=O) groups excluding carboxylic acids is 1. The molecule has 128 valence electrons. The summed E-state index contributed by atoms with van der Waals surface area (Å²) in [4.78, 5) is 17.0. The topological polar surface area (TPSA) is 45.9 Å². The molecule has 0 aromatic carbocycles. The summed E-state index contributed by atoms with van der Waals surface area (Å²) in [7, 11) is 2.11. The molecule has 2 aliphatic rings. The molecule has 3 rings (SSSR count). The molecular weight excluding hydrogens is 292 g/mol. The molecule has 1 unspecified atom stereocenters. The summed E-state index contributed by atoms with van der Waals surface area (Å²) in [6.45, 7) is 6.19. The van der Waals surface area contributed by atoms with E-state index in [1.54, 1.807) is 0 Å². The minimum atomic E-state index is 0.141. The quantitative estimate of drug-likeness (QED) is 0.772. The van der Waals surface area contributed by atoms with Gasteiger partial charge in [0, 0.05) is 39.0 Å². The van der Waals surface area contributed by atoms with E-state index in [1.807, 2.05) is 24.0 Å². The summed E-state index contributed by atoms with van der Waals surface area (Å²) in [6.07, 6.45) is 3.85. The third-order valence-corrected chi connectivity index (χ3v) is 4.68. The number of ether oxygens (including phenoxy) is 1. The highest BCUT2D eigenvalue weighted by Gasteiger charge is 2.29. The number of aryl methyl sites for hydroxylation is 2. The number of morpholine rings is 1. The lowest BCUT2D eigenvalue weighted by molar-refractivity contribution is -0.134. The van der Waals surface area contributed by atoms with E-state index in [0.29, 0.717) is 18.8 Å². The Labute approximate surface area is 138 Å². The second-order valence-corrected chi connectivity index (χ2v) is 7.01. The third-order valence-electron chi connectivity index (χ3n) is 4.68. The number of nitrogens with zero attached hydrogens (tertiary/aromatic N) is 2. The summed E-state index contributed by atoms with van der Waals surface area (Å²) < 4.78 is 11.4. The lowest BCUT2D eigenvalue weighted by Gasteiger charge is -2.34. The molecule has 0 radical (unpaired) electrons. The lowest BCUT2D eigenvalue weighted by Crippen LogP contribution is -2.48. The molecule has 2 heterocycles. The van der Waals surface area contributed by atoms with Crippen molar-refractivity contribution in [2.75, 3.05) is 39.8 Å². The molecule has 1 saturated heterocycles. The Kier molecular flexibility index (Phi) is 5.38. The zero-order valence-electron chi connectivity index (χ0n) is 14.3. The molecule has 5 nitrogen and oxygen atoms in total. The first-order valence-electron chi connectivity index (χ1n) is 8.73. The van der Waals surface area contributed by atoms with Gasteiger partial charge in [-0.3, -0.25) is 4.79 Å². The van der Waals surface area contributed by atoms with Gasteiger partial charge in [-0.1, -0.05) is 0 Å². The highest BCUT2D eigenvalue weighted by molar-refractivity contribution is 5.76. The SMILES string of the molecule is Cc1ccc(CCC(=O)N(CC2CC2)CC2CN(C)CCO2)o1. The predicted octanol–water partition coefficient (Wildman–Crippen LogP) is 2.09. The normalized spacial score (nSPS) is 22.3. The maximum absolute atomic E-state index is 12.7. The molecule has 1 aromatic rings. The van der Waals surface area contributed by atoms with Gasteiger partial charge in [-0.05, 0) is 44.9 Å². The van der Waals surface area contributed by atoms with E-state index < -0.39 is 0 Å². The second kappa shape index (κ2) is 7.49. The molecule has 1 aromatic heterocycles. The van der Waals surface area contributed by atoms with Crippen LogP contribution in [0, 0.1) is 12.8 Å². The van der Waals surface area contributed by atoms with Gasteiger partial charge < -0.3 is 19.0 Å². The van der Waals surface area contributed by atoms with E-state index in [2.05, 4.69) is 11.9 Å². The van der Waals surface area contributed by atoms with Crippen LogP contribution in [0.15, 0.2) is 16.5 Å². The predicted molar refractivity (Wildman–Crippen MR) is 88.3 cm³/mol. The number of likely N-dealkylation sites (N-methyl/N-ethyl adjacent to an activating group) is 1. The van der Waals surface area contributed by atoms with Gasteiger partial charge in [0.05, 0.1) is 12.7 Å². The molecule has 1 aliphatic heterocycles. The van der Waals surface area contributed by atoms with E-state index in [4.69, 9.17) is 9.15 Å². The third kappa shape index (κ3) is 5.08. The van der Waals surface area contributed by atoms with Crippen molar-refractivity contribution in [1.29, 1.82) is 0 Å². The number of hydrogen-bond donors (Lipinski definition) is 0. The first-order chi connectivity index (χ1) is 11.1. The molecule has 1 atom stereocenters. The van der Waals surface area contributed by atoms with Crippen molar-refractivity contribution in [3.63, 3.8) is 0 Å². The summed E-state index contributed by atoms with van der Waals surface area (Å²) in [5.74, 6) is 2.73. The number of carbonyl (C=O) groups is 1. The van der Waals surface area contributed by atoms with E-state index in [1.165, 1.54) is 12.8 Å². The molecule has 1 aliphatic carbocycles. The van der Waals surface area contributed by atoms with Gasteiger partial charge in [-0.2, -0.15) is 0 Å². The molecule has 1 amide bonds. The van der Waals surface area contributed by atoms with Crippen LogP contribution in [0.2, 0.25) is 0 Å². The number of furan rings is 1. The number of rotatable bonds is 7. The fourth-order valence-corrected chi connectivity index (χ4v) is 3.12. The van der Waals surface area contributed by atoms with Crippen molar-refractivity contribution in [2.24, 2.45) is 5.92 Å². The van der Waals surface area contributed by atoms with Crippen molar-refractivity contribution < 1.29 is 13.9 Å². The first kappa shape index (κ1) is 16.5. The van der Waals surface area contributed by atoms with E-state index in [-0.39, 0.29) is 12.0 Å². The summed E-state index contributed by atoms with van der Waals surface area (Å²) in [6, 6.07) is 3.92. The van der Waals surface area contributed by atoms with Crippen LogP contribution in [-0.4, -0.2) is 61.6 Å². The van der Waals surface area contributed by atoms with Gasteiger partial charge in [-0.25, -0.2) is 0 Å². The van der Waals surface area contributed by atoms with Gasteiger partial charge in [0.1, 0.15) is 11.5 Å². The van der Waals surface area contributed by atoms with Crippen molar-refractivity contribution in [3.05, 3.63) is 23.7 Å². The Hall–Kier alpha value is -1.33. The zero-order valence-corrected chi connectivity index (χ0v) is 14.3. The maximum atomic E-state index is 12.7. The zero-order chi connectivity index (χ0) is 16.2. The monoisotopic (exact) mass is 320 g/mol. The molecular formula is C18H28N2O3. The average molecular weight is 320 g/mol. The fraction of sp³-hybridized carbons (Fsp3) is 0.722. The van der Waals surface area contributed by atoms with Crippen LogP contribution >= 0.6 is 0 Å². The Bertz CT molecular complexity index is 524. The van der Waals surface area contributed by atoms with Gasteiger partial charge in [-0.15, -0.1) is 0 Å². The maximum Gasteiger partial charge on any atom is 0.223 e. The van der Waals surface area contributed by atoms with Crippen molar-refractivity contribution >= 4 is 5.91 Å². The molecule has 23 heavy (non-hydrogen) atoms. The van der Waals surface area contributed by atoms with Gasteiger partial charge in [0.15, 0.2) is 0 Å². The standard InChI is InChI=1S/C18H28N2O3/c1-14-3-6-16(23-14)7-8-18(21)20(11-15-4-5-15)13-17-12-19(2)9-10-22-17/h3,6,15,17H,4-5,7-13H2,1-2H3. The van der Waals surface area contributed by atoms with Crippen LogP contribution in [0.3, 0.4) is 0 Å². The molecule has 0 spiro atoms. The molecule has 0 N–H and O–H groups in total. The Morgan fingerprint density at radius 3 is 2.83 bits per heavy atom. The molecule has 1 saturated carbocycles. The molecule has 5 heteroatoms. The van der Waals surface area contributed by atoms with E-state index in [0.717, 1.165) is 44.3 Å². The van der Waals surface area contributed by atoms with Gasteiger partial charge >= 0.3 is 0 Å². The van der Waals surface area contributed by atoms with Crippen LogP contribution in [-0.2, 0) is 16.0 Å². The number of amides is 1. The average Bonchev–Trinajstić information content (AvgIpc) is 3.24.